The quantitative estimate of drug-likeness (QED) is 0.626. The van der Waals surface area contributed by atoms with E-state index in [1.165, 1.54) is 5.56 Å². The Labute approximate surface area is 143 Å². The van der Waals surface area contributed by atoms with Crippen molar-refractivity contribution in [1.29, 1.82) is 0 Å². The first-order valence-electron chi connectivity index (χ1n) is 8.51. The molecular weight excluding hydrogens is 306 g/mol. The summed E-state index contributed by atoms with van der Waals surface area (Å²) in [5, 5.41) is 0. The Morgan fingerprint density at radius 1 is 1.29 bits per heavy atom. The molecule has 4 atom stereocenters. The van der Waals surface area contributed by atoms with Gasteiger partial charge in [0.05, 0.1) is 12.6 Å². The van der Waals surface area contributed by atoms with Crippen LogP contribution in [-0.2, 0) is 25.5 Å². The van der Waals surface area contributed by atoms with E-state index in [2.05, 4.69) is 17.0 Å². The first kappa shape index (κ1) is 17.4. The molecule has 0 aliphatic carbocycles. The minimum Gasteiger partial charge on any atom is -0.459 e. The molecular formula is C19H27NO4. The SMILES string of the molecule is CC(C)(C)OC(=O)[C@H]1[C@H]([C@H]2COC(C)(C)O2)N1Cc1ccccc1. The van der Waals surface area contributed by atoms with E-state index in [0.717, 1.165) is 0 Å². The summed E-state index contributed by atoms with van der Waals surface area (Å²) in [5.74, 6) is -0.777. The molecule has 132 valence electrons. The molecule has 0 N–H and O–H groups in total. The highest BCUT2D eigenvalue weighted by Gasteiger charge is 2.60. The Bertz CT molecular complexity index is 593. The second-order valence-corrected chi connectivity index (χ2v) is 7.99. The Hall–Kier alpha value is -1.43. The standard InChI is InChI=1S/C19H27NO4/c1-18(2,3)24-17(21)16-15(14-12-22-19(4,5)23-14)20(16)11-13-9-7-6-8-10-13/h6-10,14-16H,11-12H2,1-5H3/t14-,15+,16-,20?/m1/s1. The van der Waals surface area contributed by atoms with Crippen molar-refractivity contribution >= 4 is 5.97 Å². The maximum absolute atomic E-state index is 12.6. The van der Waals surface area contributed by atoms with E-state index >= 15 is 0 Å². The molecule has 24 heavy (non-hydrogen) atoms. The maximum Gasteiger partial charge on any atom is 0.325 e. The summed E-state index contributed by atoms with van der Waals surface area (Å²) in [6.07, 6.45) is -0.110. The lowest BCUT2D eigenvalue weighted by atomic mass is 10.1. The van der Waals surface area contributed by atoms with Gasteiger partial charge >= 0.3 is 5.97 Å². The van der Waals surface area contributed by atoms with Gasteiger partial charge < -0.3 is 14.2 Å². The zero-order chi connectivity index (χ0) is 17.5. The number of benzene rings is 1. The van der Waals surface area contributed by atoms with Gasteiger partial charge in [-0.15, -0.1) is 0 Å². The van der Waals surface area contributed by atoms with Crippen molar-refractivity contribution < 1.29 is 19.0 Å². The zero-order valence-electron chi connectivity index (χ0n) is 15.1. The molecule has 1 aromatic rings. The minimum atomic E-state index is -0.593. The third kappa shape index (κ3) is 3.97. The van der Waals surface area contributed by atoms with Crippen molar-refractivity contribution in [3.8, 4) is 0 Å². The van der Waals surface area contributed by atoms with E-state index in [1.807, 2.05) is 52.8 Å². The molecule has 1 unspecified atom stereocenters. The molecule has 0 aromatic heterocycles. The van der Waals surface area contributed by atoms with Gasteiger partial charge in [-0.05, 0) is 40.2 Å². The summed E-state index contributed by atoms with van der Waals surface area (Å²) in [7, 11) is 0. The van der Waals surface area contributed by atoms with Crippen molar-refractivity contribution in [2.45, 2.75) is 70.7 Å². The van der Waals surface area contributed by atoms with Gasteiger partial charge in [-0.3, -0.25) is 9.69 Å². The molecule has 5 nitrogen and oxygen atoms in total. The van der Waals surface area contributed by atoms with Gasteiger partial charge in [0, 0.05) is 6.54 Å². The van der Waals surface area contributed by atoms with E-state index in [9.17, 15) is 4.79 Å². The molecule has 0 radical (unpaired) electrons. The van der Waals surface area contributed by atoms with Crippen LogP contribution in [0.1, 0.15) is 40.2 Å². The Morgan fingerprint density at radius 3 is 2.50 bits per heavy atom. The van der Waals surface area contributed by atoms with Gasteiger partial charge in [0.2, 0.25) is 0 Å². The monoisotopic (exact) mass is 333 g/mol. The van der Waals surface area contributed by atoms with Crippen molar-refractivity contribution in [3.63, 3.8) is 0 Å². The summed E-state index contributed by atoms with van der Waals surface area (Å²) < 4.78 is 17.3. The van der Waals surface area contributed by atoms with E-state index in [4.69, 9.17) is 14.2 Å². The Balaban J connectivity index is 1.72. The molecule has 2 aliphatic rings. The van der Waals surface area contributed by atoms with E-state index in [-0.39, 0.29) is 24.2 Å². The lowest BCUT2D eigenvalue weighted by Crippen LogP contribution is -2.31. The van der Waals surface area contributed by atoms with Crippen molar-refractivity contribution in [2.75, 3.05) is 6.61 Å². The van der Waals surface area contributed by atoms with E-state index in [0.29, 0.717) is 13.2 Å². The first-order valence-corrected chi connectivity index (χ1v) is 8.51. The van der Waals surface area contributed by atoms with E-state index in [1.54, 1.807) is 0 Å². The van der Waals surface area contributed by atoms with Crippen molar-refractivity contribution in [1.82, 2.24) is 4.90 Å². The van der Waals surface area contributed by atoms with Crippen LogP contribution in [-0.4, -0.2) is 47.1 Å². The minimum absolute atomic E-state index is 0.00170. The second kappa shape index (κ2) is 6.14. The molecule has 2 fully saturated rings. The molecule has 2 heterocycles. The largest absolute Gasteiger partial charge is 0.459 e. The van der Waals surface area contributed by atoms with Crippen molar-refractivity contribution in [2.24, 2.45) is 0 Å². The second-order valence-electron chi connectivity index (χ2n) is 7.99. The molecule has 1 aromatic carbocycles. The van der Waals surface area contributed by atoms with E-state index < -0.39 is 11.4 Å². The lowest BCUT2D eigenvalue weighted by molar-refractivity contribution is -0.156. The van der Waals surface area contributed by atoms with Gasteiger partial charge in [-0.25, -0.2) is 0 Å². The highest BCUT2D eigenvalue weighted by molar-refractivity contribution is 5.81. The highest BCUT2D eigenvalue weighted by Crippen LogP contribution is 2.40. The topological polar surface area (TPSA) is 47.8 Å². The van der Waals surface area contributed by atoms with Crippen LogP contribution < -0.4 is 0 Å². The number of carbonyl (C=O) groups excluding carboxylic acids is 1. The summed E-state index contributed by atoms with van der Waals surface area (Å²) in [6, 6.07) is 9.87. The summed E-state index contributed by atoms with van der Waals surface area (Å²) in [4.78, 5) is 14.7. The van der Waals surface area contributed by atoms with Crippen LogP contribution >= 0.6 is 0 Å². The van der Waals surface area contributed by atoms with Gasteiger partial charge in [-0.2, -0.15) is 0 Å². The number of carbonyl (C=O) groups is 1. The summed E-state index contributed by atoms with van der Waals surface area (Å²) in [5.41, 5.74) is 0.682. The number of hydrogen-bond donors (Lipinski definition) is 0. The van der Waals surface area contributed by atoms with Crippen LogP contribution in [0.5, 0.6) is 0 Å². The van der Waals surface area contributed by atoms with Crippen LogP contribution in [0.3, 0.4) is 0 Å². The van der Waals surface area contributed by atoms with Crippen LogP contribution in [0.4, 0.5) is 0 Å². The van der Waals surface area contributed by atoms with Crippen LogP contribution in [0.2, 0.25) is 0 Å². The fourth-order valence-electron chi connectivity index (χ4n) is 3.23. The molecule has 2 aliphatic heterocycles. The van der Waals surface area contributed by atoms with Gasteiger partial charge in [-0.1, -0.05) is 30.3 Å². The molecule has 2 saturated heterocycles. The fraction of sp³-hybridized carbons (Fsp3) is 0.632. The third-order valence-corrected chi connectivity index (χ3v) is 4.24. The molecule has 0 bridgehead atoms. The third-order valence-electron chi connectivity index (χ3n) is 4.24. The molecule has 5 heteroatoms. The molecule has 0 saturated carbocycles. The summed E-state index contributed by atoms with van der Waals surface area (Å²) in [6.45, 7) is 10.7. The zero-order valence-corrected chi connectivity index (χ0v) is 15.1. The number of esters is 1. The van der Waals surface area contributed by atoms with Gasteiger partial charge in [0.1, 0.15) is 17.7 Å². The van der Waals surface area contributed by atoms with Gasteiger partial charge in [0.15, 0.2) is 5.79 Å². The highest BCUT2D eigenvalue weighted by atomic mass is 16.7. The van der Waals surface area contributed by atoms with Crippen LogP contribution in [0.25, 0.3) is 0 Å². The normalized spacial score (nSPS) is 31.7. The Morgan fingerprint density at radius 2 is 1.96 bits per heavy atom. The Kier molecular flexibility index (Phi) is 4.45. The average Bonchev–Trinajstić information content (AvgIpc) is 3.05. The van der Waals surface area contributed by atoms with Gasteiger partial charge in [0.25, 0.3) is 0 Å². The molecule has 0 amide bonds. The smallest absolute Gasteiger partial charge is 0.325 e. The average molecular weight is 333 g/mol. The predicted molar refractivity (Wildman–Crippen MR) is 90.3 cm³/mol. The number of hydrogen-bond acceptors (Lipinski definition) is 5. The maximum atomic E-state index is 12.6. The first-order chi connectivity index (χ1) is 11.2. The number of nitrogens with zero attached hydrogens (tertiary/aromatic N) is 1. The van der Waals surface area contributed by atoms with Crippen molar-refractivity contribution in [3.05, 3.63) is 35.9 Å². The number of ether oxygens (including phenoxy) is 3. The predicted octanol–water partition coefficient (Wildman–Crippen LogP) is 2.73. The lowest BCUT2D eigenvalue weighted by Gasteiger charge is -2.19. The summed E-state index contributed by atoms with van der Waals surface area (Å²) >= 11 is 0. The molecule has 0 spiro atoms. The number of rotatable bonds is 4. The van der Waals surface area contributed by atoms with Crippen LogP contribution in [0.15, 0.2) is 30.3 Å². The van der Waals surface area contributed by atoms with Crippen LogP contribution in [0, 0.1) is 0 Å². The fourth-order valence-corrected chi connectivity index (χ4v) is 3.23. The molecule has 3 rings (SSSR count).